The molecule has 156 valence electrons. The number of nitro groups is 1. The Labute approximate surface area is 173 Å². The van der Waals surface area contributed by atoms with E-state index in [0.717, 1.165) is 6.07 Å². The molecule has 0 fully saturated rings. The van der Waals surface area contributed by atoms with Crippen LogP contribution in [0.4, 0.5) is 5.69 Å². The van der Waals surface area contributed by atoms with Crippen LogP contribution in [0.5, 0.6) is 11.5 Å². The number of nitro benzene ring substituents is 1. The predicted octanol–water partition coefficient (Wildman–Crippen LogP) is 2.91. The van der Waals surface area contributed by atoms with E-state index in [-0.39, 0.29) is 22.6 Å². The number of benzene rings is 2. The van der Waals surface area contributed by atoms with Crippen LogP contribution < -0.4 is 14.6 Å². The van der Waals surface area contributed by atoms with Gasteiger partial charge in [-0.2, -0.15) is 0 Å². The Hall–Kier alpha value is -3.50. The summed E-state index contributed by atoms with van der Waals surface area (Å²) in [5, 5.41) is 16.9. The number of ether oxygens (including phenoxy) is 2. The molecule has 0 atom stereocenters. The average molecular weight is 429 g/mol. The van der Waals surface area contributed by atoms with Gasteiger partial charge in [-0.15, -0.1) is 0 Å². The van der Waals surface area contributed by atoms with E-state index < -0.39 is 14.9 Å². The highest BCUT2D eigenvalue weighted by atomic mass is 32.2. The third kappa shape index (κ3) is 4.39. The van der Waals surface area contributed by atoms with Crippen LogP contribution in [-0.2, 0) is 16.4 Å². The van der Waals surface area contributed by atoms with Gasteiger partial charge in [0.2, 0.25) is 10.0 Å². The van der Waals surface area contributed by atoms with Crippen LogP contribution in [0.1, 0.15) is 11.1 Å². The Kier molecular flexibility index (Phi) is 5.99. The standard InChI is InChI=1S/C20H19N3O6S/c1-28-17-6-5-13(18(11-17)29-2)8-15-9-16(23(24)25)10-19(30(21,26)27)20(15)14-4-3-7-22-12-14/h3-7,9-12H,8H2,1-2H3,(H2,21,26,27). The molecule has 1 aromatic heterocycles. The number of nitrogens with zero attached hydrogens (tertiary/aromatic N) is 2. The molecule has 30 heavy (non-hydrogen) atoms. The van der Waals surface area contributed by atoms with Gasteiger partial charge in [-0.05, 0) is 23.3 Å². The maximum atomic E-state index is 12.3. The summed E-state index contributed by atoms with van der Waals surface area (Å²) in [5.41, 5.74) is 1.43. The van der Waals surface area contributed by atoms with Crippen molar-refractivity contribution in [1.82, 2.24) is 4.98 Å². The minimum absolute atomic E-state index is 0.154. The molecule has 0 radical (unpaired) electrons. The smallest absolute Gasteiger partial charge is 0.271 e. The number of aromatic nitrogens is 1. The number of hydrogen-bond donors (Lipinski definition) is 1. The molecular weight excluding hydrogens is 410 g/mol. The fourth-order valence-electron chi connectivity index (χ4n) is 3.17. The molecule has 3 rings (SSSR count). The number of non-ortho nitro benzene ring substituents is 1. The fourth-order valence-corrected chi connectivity index (χ4v) is 3.99. The zero-order valence-electron chi connectivity index (χ0n) is 16.2. The van der Waals surface area contributed by atoms with E-state index in [1.54, 1.807) is 30.3 Å². The Balaban J connectivity index is 2.30. The van der Waals surface area contributed by atoms with E-state index in [1.165, 1.54) is 32.7 Å². The molecule has 1 heterocycles. The summed E-state index contributed by atoms with van der Waals surface area (Å²) in [5.74, 6) is 1.07. The Morgan fingerprint density at radius 1 is 1.10 bits per heavy atom. The summed E-state index contributed by atoms with van der Waals surface area (Å²) in [6.07, 6.45) is 3.17. The molecule has 0 aliphatic heterocycles. The number of methoxy groups -OCH3 is 2. The van der Waals surface area contributed by atoms with Crippen molar-refractivity contribution in [1.29, 1.82) is 0 Å². The maximum absolute atomic E-state index is 12.3. The van der Waals surface area contributed by atoms with Crippen LogP contribution in [0.3, 0.4) is 0 Å². The highest BCUT2D eigenvalue weighted by Crippen LogP contribution is 2.37. The van der Waals surface area contributed by atoms with Crippen molar-refractivity contribution < 1.29 is 22.8 Å². The average Bonchev–Trinajstić information content (AvgIpc) is 2.73. The second kappa shape index (κ2) is 8.47. The van der Waals surface area contributed by atoms with E-state index in [4.69, 9.17) is 14.6 Å². The summed E-state index contributed by atoms with van der Waals surface area (Å²) in [6.45, 7) is 0. The van der Waals surface area contributed by atoms with E-state index in [1.807, 2.05) is 0 Å². The molecule has 2 N–H and O–H groups in total. The van der Waals surface area contributed by atoms with Gasteiger partial charge in [-0.3, -0.25) is 15.1 Å². The van der Waals surface area contributed by atoms with Crippen molar-refractivity contribution in [3.05, 3.63) is 76.1 Å². The minimum atomic E-state index is -4.26. The number of primary sulfonamides is 1. The molecular formula is C20H19N3O6S. The highest BCUT2D eigenvalue weighted by molar-refractivity contribution is 7.89. The summed E-state index contributed by atoms with van der Waals surface area (Å²) < 4.78 is 35.2. The molecule has 0 aliphatic carbocycles. The molecule has 0 unspecified atom stereocenters. The van der Waals surface area contributed by atoms with Gasteiger partial charge in [0.1, 0.15) is 11.5 Å². The maximum Gasteiger partial charge on any atom is 0.271 e. The Bertz CT molecular complexity index is 1200. The van der Waals surface area contributed by atoms with Gasteiger partial charge in [0, 0.05) is 48.1 Å². The van der Waals surface area contributed by atoms with E-state index in [2.05, 4.69) is 4.98 Å². The molecule has 0 bridgehead atoms. The van der Waals surface area contributed by atoms with Crippen molar-refractivity contribution in [2.24, 2.45) is 5.14 Å². The summed E-state index contributed by atoms with van der Waals surface area (Å²) >= 11 is 0. The predicted molar refractivity (Wildman–Crippen MR) is 110 cm³/mol. The number of pyridine rings is 1. The van der Waals surface area contributed by atoms with Gasteiger partial charge in [-0.25, -0.2) is 13.6 Å². The van der Waals surface area contributed by atoms with Gasteiger partial charge in [0.05, 0.1) is 24.0 Å². The zero-order valence-corrected chi connectivity index (χ0v) is 17.0. The summed E-state index contributed by atoms with van der Waals surface area (Å²) in [6, 6.07) is 10.8. The van der Waals surface area contributed by atoms with Crippen LogP contribution in [0.2, 0.25) is 0 Å². The monoisotopic (exact) mass is 429 g/mol. The molecule has 0 aliphatic rings. The first-order valence-electron chi connectivity index (χ1n) is 8.70. The fraction of sp³-hybridized carbons (Fsp3) is 0.150. The molecule has 0 saturated carbocycles. The number of nitrogens with two attached hydrogens (primary N) is 1. The molecule has 9 nitrogen and oxygen atoms in total. The zero-order chi connectivity index (χ0) is 21.9. The van der Waals surface area contributed by atoms with E-state index >= 15 is 0 Å². The quantitative estimate of drug-likeness (QED) is 0.451. The second-order valence-electron chi connectivity index (χ2n) is 6.38. The van der Waals surface area contributed by atoms with Crippen LogP contribution in [0.15, 0.2) is 59.8 Å². The van der Waals surface area contributed by atoms with Gasteiger partial charge < -0.3 is 9.47 Å². The van der Waals surface area contributed by atoms with Gasteiger partial charge in [0.15, 0.2) is 0 Å². The molecule has 0 saturated heterocycles. The highest BCUT2D eigenvalue weighted by Gasteiger charge is 2.25. The number of hydrogen-bond acceptors (Lipinski definition) is 7. The van der Waals surface area contributed by atoms with E-state index in [9.17, 15) is 18.5 Å². The largest absolute Gasteiger partial charge is 0.497 e. The SMILES string of the molecule is COc1ccc(Cc2cc([N+](=O)[O-])cc(S(N)(=O)=O)c2-c2cccnc2)c(OC)c1. The topological polar surface area (TPSA) is 135 Å². The first kappa shape index (κ1) is 21.2. The van der Waals surface area contributed by atoms with Crippen LogP contribution >= 0.6 is 0 Å². The van der Waals surface area contributed by atoms with E-state index in [0.29, 0.717) is 28.2 Å². The lowest BCUT2D eigenvalue weighted by atomic mass is 9.94. The summed E-state index contributed by atoms with van der Waals surface area (Å²) in [7, 11) is -1.25. The van der Waals surface area contributed by atoms with Crippen molar-refractivity contribution in [2.75, 3.05) is 14.2 Å². The van der Waals surface area contributed by atoms with Crippen molar-refractivity contribution in [3.8, 4) is 22.6 Å². The van der Waals surface area contributed by atoms with Crippen LogP contribution in [-0.4, -0.2) is 32.5 Å². The van der Waals surface area contributed by atoms with Crippen LogP contribution in [0, 0.1) is 10.1 Å². The van der Waals surface area contributed by atoms with Crippen molar-refractivity contribution in [2.45, 2.75) is 11.3 Å². The molecule has 3 aromatic rings. The van der Waals surface area contributed by atoms with Gasteiger partial charge >= 0.3 is 0 Å². The summed E-state index contributed by atoms with van der Waals surface area (Å²) in [4.78, 5) is 14.5. The van der Waals surface area contributed by atoms with Gasteiger partial charge in [0.25, 0.3) is 5.69 Å². The molecule has 0 amide bonds. The second-order valence-corrected chi connectivity index (χ2v) is 7.91. The molecule has 2 aromatic carbocycles. The normalized spacial score (nSPS) is 11.2. The molecule has 10 heteroatoms. The Morgan fingerprint density at radius 3 is 2.43 bits per heavy atom. The minimum Gasteiger partial charge on any atom is -0.497 e. The first-order chi connectivity index (χ1) is 14.2. The van der Waals surface area contributed by atoms with Crippen molar-refractivity contribution >= 4 is 15.7 Å². The molecule has 0 spiro atoms. The Morgan fingerprint density at radius 2 is 1.87 bits per heavy atom. The van der Waals surface area contributed by atoms with Crippen LogP contribution in [0.25, 0.3) is 11.1 Å². The lowest BCUT2D eigenvalue weighted by Gasteiger charge is -2.16. The first-order valence-corrected chi connectivity index (χ1v) is 10.2. The van der Waals surface area contributed by atoms with Gasteiger partial charge in [-0.1, -0.05) is 12.1 Å². The number of rotatable bonds is 7. The lowest BCUT2D eigenvalue weighted by Crippen LogP contribution is -2.15. The third-order valence-electron chi connectivity index (χ3n) is 4.51. The lowest BCUT2D eigenvalue weighted by molar-refractivity contribution is -0.385. The van der Waals surface area contributed by atoms with Crippen molar-refractivity contribution in [3.63, 3.8) is 0 Å². The number of sulfonamides is 1. The third-order valence-corrected chi connectivity index (χ3v) is 5.45.